The molecular weight excluding hydrogens is 203 g/mol. The summed E-state index contributed by atoms with van der Waals surface area (Å²) >= 11 is 0. The largest absolute Gasteiger partial charge is 0.269 e. The second-order valence-corrected chi connectivity index (χ2v) is 4.72. The van der Waals surface area contributed by atoms with Crippen LogP contribution in [0.2, 0.25) is 0 Å². The predicted octanol–water partition coefficient (Wildman–Crippen LogP) is 3.63. The van der Waals surface area contributed by atoms with Gasteiger partial charge in [-0.2, -0.15) is 0 Å². The Labute approximate surface area is 90.3 Å². The fraction of sp³-hybridized carbons (Fsp3) is 0.231. The fourth-order valence-corrected chi connectivity index (χ4v) is 2.76. The van der Waals surface area contributed by atoms with Gasteiger partial charge in [0.05, 0.1) is 5.30 Å². The average Bonchev–Trinajstić information content (AvgIpc) is 3.11. The van der Waals surface area contributed by atoms with Crippen LogP contribution in [-0.2, 0) is 4.57 Å². The minimum Gasteiger partial charge on any atom is -0.269 e. The summed E-state index contributed by atoms with van der Waals surface area (Å²) in [6.07, 6.45) is 2.50. The molecule has 0 unspecified atom stereocenters. The van der Waals surface area contributed by atoms with Crippen molar-refractivity contribution < 1.29 is 4.57 Å². The van der Waals surface area contributed by atoms with E-state index in [-0.39, 0.29) is 8.46 Å². The van der Waals surface area contributed by atoms with E-state index in [0.717, 1.165) is 10.7 Å². The zero-order valence-electron chi connectivity index (χ0n) is 8.31. The van der Waals surface area contributed by atoms with Gasteiger partial charge in [0, 0.05) is 0 Å². The van der Waals surface area contributed by atoms with Crippen molar-refractivity contribution in [1.82, 2.24) is 0 Å². The lowest BCUT2D eigenvalue weighted by Crippen LogP contribution is -2.02. The molecule has 1 fully saturated rings. The number of hydrogen-bond donors (Lipinski definition) is 0. The Bertz CT molecular complexity index is 529. The van der Waals surface area contributed by atoms with Crippen LogP contribution in [0.1, 0.15) is 24.3 Å². The number of fused-ring (bicyclic) bond motifs is 1. The van der Waals surface area contributed by atoms with Crippen LogP contribution in [0.25, 0.3) is 10.8 Å². The molecule has 0 aliphatic heterocycles. The van der Waals surface area contributed by atoms with Crippen molar-refractivity contribution >= 4 is 24.5 Å². The van der Waals surface area contributed by atoms with Crippen LogP contribution in [0.5, 0.6) is 0 Å². The zero-order valence-corrected chi connectivity index (χ0v) is 9.21. The molecule has 1 saturated carbocycles. The van der Waals surface area contributed by atoms with E-state index in [1.54, 1.807) is 0 Å². The second kappa shape index (κ2) is 3.43. The third kappa shape index (κ3) is 1.48. The van der Waals surface area contributed by atoms with Crippen LogP contribution in [0, 0.1) is 0 Å². The van der Waals surface area contributed by atoms with Crippen LogP contribution in [0.3, 0.4) is 0 Å². The van der Waals surface area contributed by atoms with Gasteiger partial charge in [0.1, 0.15) is 0 Å². The Morgan fingerprint density at radius 2 is 1.87 bits per heavy atom. The normalized spacial score (nSPS) is 16.0. The highest BCUT2D eigenvalue weighted by Gasteiger charge is 2.26. The standard InChI is InChI=1S/C13H11OP/c14-15-13-11-4-2-1-3-9(11)7-8-12(13)10-5-6-10/h1-4,7-8,10H,5-6H2. The van der Waals surface area contributed by atoms with Crippen LogP contribution < -0.4 is 5.30 Å². The van der Waals surface area contributed by atoms with E-state index in [1.807, 2.05) is 12.1 Å². The number of rotatable bonds is 2. The van der Waals surface area contributed by atoms with Crippen LogP contribution in [0.4, 0.5) is 0 Å². The Morgan fingerprint density at radius 3 is 2.60 bits per heavy atom. The molecule has 0 amide bonds. The van der Waals surface area contributed by atoms with Gasteiger partial charge in [0.2, 0.25) is 0 Å². The molecule has 0 bridgehead atoms. The Hall–Kier alpha value is -1.20. The van der Waals surface area contributed by atoms with Gasteiger partial charge < -0.3 is 0 Å². The summed E-state index contributed by atoms with van der Waals surface area (Å²) in [5, 5.41) is 3.31. The van der Waals surface area contributed by atoms with Crippen molar-refractivity contribution in [3.63, 3.8) is 0 Å². The van der Waals surface area contributed by atoms with Gasteiger partial charge in [-0.3, -0.25) is 4.57 Å². The minimum absolute atomic E-state index is 0.154. The summed E-state index contributed by atoms with van der Waals surface area (Å²) in [6, 6.07) is 12.4. The van der Waals surface area contributed by atoms with E-state index < -0.39 is 0 Å². The smallest absolute Gasteiger partial charge is 0.193 e. The van der Waals surface area contributed by atoms with Crippen molar-refractivity contribution in [1.29, 1.82) is 0 Å². The third-order valence-corrected chi connectivity index (χ3v) is 3.72. The lowest BCUT2D eigenvalue weighted by Gasteiger charge is -2.05. The van der Waals surface area contributed by atoms with Crippen LogP contribution >= 0.6 is 8.46 Å². The molecule has 0 radical (unpaired) electrons. The molecule has 1 aliphatic rings. The summed E-state index contributed by atoms with van der Waals surface area (Å²) < 4.78 is 11.3. The molecule has 0 aromatic heterocycles. The maximum absolute atomic E-state index is 11.3. The highest BCUT2D eigenvalue weighted by Crippen LogP contribution is 2.41. The Balaban J connectivity index is 2.33. The van der Waals surface area contributed by atoms with E-state index in [9.17, 15) is 4.57 Å². The highest BCUT2D eigenvalue weighted by molar-refractivity contribution is 7.35. The molecule has 0 saturated heterocycles. The van der Waals surface area contributed by atoms with Gasteiger partial charge in [-0.1, -0.05) is 36.4 Å². The lowest BCUT2D eigenvalue weighted by molar-refractivity contribution is 0.603. The Morgan fingerprint density at radius 1 is 1.07 bits per heavy atom. The van der Waals surface area contributed by atoms with Gasteiger partial charge in [0.25, 0.3) is 0 Å². The highest BCUT2D eigenvalue weighted by atomic mass is 31.1. The summed E-state index contributed by atoms with van der Waals surface area (Å²) in [5.74, 6) is 0.658. The fourth-order valence-electron chi connectivity index (χ4n) is 2.10. The van der Waals surface area contributed by atoms with Crippen molar-refractivity contribution in [2.75, 3.05) is 0 Å². The van der Waals surface area contributed by atoms with E-state index in [4.69, 9.17) is 0 Å². The zero-order chi connectivity index (χ0) is 10.3. The van der Waals surface area contributed by atoms with Gasteiger partial charge in [-0.05, 0) is 35.1 Å². The first-order chi connectivity index (χ1) is 7.40. The quantitative estimate of drug-likeness (QED) is 0.697. The van der Waals surface area contributed by atoms with Crippen LogP contribution in [-0.4, -0.2) is 0 Å². The molecule has 0 spiro atoms. The van der Waals surface area contributed by atoms with Crippen molar-refractivity contribution in [3.05, 3.63) is 42.0 Å². The number of hydrogen-bond acceptors (Lipinski definition) is 1. The first-order valence-corrected chi connectivity index (χ1v) is 6.06. The van der Waals surface area contributed by atoms with Crippen molar-refractivity contribution in [2.45, 2.75) is 18.8 Å². The van der Waals surface area contributed by atoms with Gasteiger partial charge in [-0.15, -0.1) is 0 Å². The molecule has 1 nitrogen and oxygen atoms in total. The molecule has 0 heterocycles. The first kappa shape index (κ1) is 9.06. The average molecular weight is 214 g/mol. The van der Waals surface area contributed by atoms with Crippen molar-refractivity contribution in [3.8, 4) is 0 Å². The van der Waals surface area contributed by atoms with E-state index in [2.05, 4.69) is 24.3 Å². The Kier molecular flexibility index (Phi) is 2.07. The summed E-state index contributed by atoms with van der Waals surface area (Å²) in [7, 11) is 0.154. The SMILES string of the molecule is O=Pc1c(C2CC2)ccc2ccccc12. The van der Waals surface area contributed by atoms with E-state index >= 15 is 0 Å². The van der Waals surface area contributed by atoms with Gasteiger partial charge in [0.15, 0.2) is 8.46 Å². The molecule has 2 heteroatoms. The van der Waals surface area contributed by atoms with Crippen molar-refractivity contribution in [2.24, 2.45) is 0 Å². The molecule has 0 N–H and O–H groups in total. The second-order valence-electron chi connectivity index (χ2n) is 4.09. The third-order valence-electron chi connectivity index (χ3n) is 3.04. The summed E-state index contributed by atoms with van der Waals surface area (Å²) in [5.41, 5.74) is 1.28. The van der Waals surface area contributed by atoms with Gasteiger partial charge in [-0.25, -0.2) is 0 Å². The molecule has 15 heavy (non-hydrogen) atoms. The molecule has 2 aromatic rings. The minimum atomic E-state index is 0.154. The van der Waals surface area contributed by atoms with Crippen LogP contribution in [0.15, 0.2) is 36.4 Å². The summed E-state index contributed by atoms with van der Waals surface area (Å²) in [4.78, 5) is 0. The monoisotopic (exact) mass is 214 g/mol. The topological polar surface area (TPSA) is 17.1 Å². The predicted molar refractivity (Wildman–Crippen MR) is 63.2 cm³/mol. The van der Waals surface area contributed by atoms with E-state index in [1.165, 1.54) is 23.8 Å². The molecule has 74 valence electrons. The maximum Gasteiger partial charge on any atom is 0.193 e. The molecule has 3 rings (SSSR count). The molecule has 0 atom stereocenters. The maximum atomic E-state index is 11.3. The molecular formula is C13H11OP. The first-order valence-electron chi connectivity index (χ1n) is 5.25. The molecule has 1 aliphatic carbocycles. The van der Waals surface area contributed by atoms with E-state index in [0.29, 0.717) is 5.92 Å². The molecule has 2 aromatic carbocycles. The van der Waals surface area contributed by atoms with Gasteiger partial charge >= 0.3 is 0 Å². The summed E-state index contributed by atoms with van der Waals surface area (Å²) in [6.45, 7) is 0. The number of benzene rings is 2. The lowest BCUT2D eigenvalue weighted by atomic mass is 10.0.